The van der Waals surface area contributed by atoms with Crippen molar-refractivity contribution >= 4 is 17.3 Å². The first-order valence-corrected chi connectivity index (χ1v) is 8.06. The van der Waals surface area contributed by atoms with E-state index in [4.69, 9.17) is 10.00 Å². The van der Waals surface area contributed by atoms with Gasteiger partial charge in [-0.15, -0.1) is 0 Å². The average Bonchev–Trinajstić information content (AvgIpc) is 2.61. The standard InChI is InChI=1S/C17H22N4O4/c1-2-3-10-25-11-6-9-19-17(22)14(12-18)13-20-15-7-4-5-8-16(15)21(23)24/h4-5,7-8,13,20H,2-3,6,9-11H2,1H3,(H,19,22)/b14-13-. The Labute approximate surface area is 146 Å². The van der Waals surface area contributed by atoms with Gasteiger partial charge in [0.05, 0.1) is 4.92 Å². The van der Waals surface area contributed by atoms with Gasteiger partial charge in [-0.3, -0.25) is 14.9 Å². The number of rotatable bonds is 11. The van der Waals surface area contributed by atoms with E-state index in [0.717, 1.165) is 19.0 Å². The van der Waals surface area contributed by atoms with E-state index in [1.54, 1.807) is 12.1 Å². The second-order valence-electron chi connectivity index (χ2n) is 5.16. The number of nitrogens with zero attached hydrogens (tertiary/aromatic N) is 2. The SMILES string of the molecule is CCCCOCCCNC(=O)/C(C#N)=C\Nc1ccccc1[N+](=O)[O-]. The van der Waals surface area contributed by atoms with E-state index in [1.165, 1.54) is 18.2 Å². The third-order valence-corrected chi connectivity index (χ3v) is 3.23. The van der Waals surface area contributed by atoms with E-state index in [0.29, 0.717) is 26.2 Å². The van der Waals surface area contributed by atoms with Gasteiger partial charge < -0.3 is 15.4 Å². The number of amides is 1. The Morgan fingerprint density at radius 1 is 1.36 bits per heavy atom. The number of nitrogens with one attached hydrogen (secondary N) is 2. The summed E-state index contributed by atoms with van der Waals surface area (Å²) in [5, 5.41) is 25.3. The molecule has 1 aromatic carbocycles. The van der Waals surface area contributed by atoms with Gasteiger partial charge in [0.25, 0.3) is 11.6 Å². The number of carbonyl (C=O) groups excluding carboxylic acids is 1. The number of nitro benzene ring substituents is 1. The molecule has 0 heterocycles. The number of benzene rings is 1. The average molecular weight is 346 g/mol. The summed E-state index contributed by atoms with van der Waals surface area (Å²) >= 11 is 0. The van der Waals surface area contributed by atoms with Crippen LogP contribution in [0.4, 0.5) is 11.4 Å². The van der Waals surface area contributed by atoms with Gasteiger partial charge in [-0.25, -0.2) is 0 Å². The molecule has 8 heteroatoms. The van der Waals surface area contributed by atoms with Crippen molar-refractivity contribution in [2.45, 2.75) is 26.2 Å². The molecule has 8 nitrogen and oxygen atoms in total. The smallest absolute Gasteiger partial charge is 0.292 e. The predicted octanol–water partition coefficient (Wildman–Crippen LogP) is 2.74. The fraction of sp³-hybridized carbons (Fsp3) is 0.412. The molecule has 0 radical (unpaired) electrons. The molecule has 1 aromatic rings. The fourth-order valence-electron chi connectivity index (χ4n) is 1.87. The zero-order chi connectivity index (χ0) is 18.5. The maximum atomic E-state index is 11.9. The third-order valence-electron chi connectivity index (χ3n) is 3.23. The molecule has 0 bridgehead atoms. The van der Waals surface area contributed by atoms with Crippen LogP contribution in [0, 0.1) is 21.4 Å². The number of nitriles is 1. The molecule has 0 atom stereocenters. The van der Waals surface area contributed by atoms with Gasteiger partial charge in [0.15, 0.2) is 0 Å². The molecule has 1 amide bonds. The molecule has 0 aliphatic carbocycles. The molecule has 0 aromatic heterocycles. The lowest BCUT2D eigenvalue weighted by molar-refractivity contribution is -0.383. The highest BCUT2D eigenvalue weighted by molar-refractivity contribution is 5.97. The summed E-state index contributed by atoms with van der Waals surface area (Å²) in [6.45, 7) is 3.71. The van der Waals surface area contributed by atoms with E-state index >= 15 is 0 Å². The van der Waals surface area contributed by atoms with Gasteiger partial charge >= 0.3 is 0 Å². The number of unbranched alkanes of at least 4 members (excludes halogenated alkanes) is 1. The number of para-hydroxylation sites is 2. The maximum Gasteiger partial charge on any atom is 0.292 e. The molecule has 0 saturated carbocycles. The summed E-state index contributed by atoms with van der Waals surface area (Å²) in [5.41, 5.74) is -0.0943. The molecule has 0 fully saturated rings. The van der Waals surface area contributed by atoms with Gasteiger partial charge in [-0.2, -0.15) is 5.26 Å². The van der Waals surface area contributed by atoms with Crippen LogP contribution in [-0.2, 0) is 9.53 Å². The highest BCUT2D eigenvalue weighted by atomic mass is 16.6. The lowest BCUT2D eigenvalue weighted by Gasteiger charge is -2.06. The largest absolute Gasteiger partial charge is 0.381 e. The van der Waals surface area contributed by atoms with Crippen LogP contribution in [0.2, 0.25) is 0 Å². The van der Waals surface area contributed by atoms with Gasteiger partial charge in [0.1, 0.15) is 17.3 Å². The Kier molecular flexibility index (Phi) is 9.33. The van der Waals surface area contributed by atoms with Crippen LogP contribution in [0.3, 0.4) is 0 Å². The number of hydrogen-bond donors (Lipinski definition) is 2. The van der Waals surface area contributed by atoms with E-state index in [-0.39, 0.29) is 16.9 Å². The molecule has 0 aliphatic heterocycles. The Morgan fingerprint density at radius 2 is 2.08 bits per heavy atom. The monoisotopic (exact) mass is 346 g/mol. The molecule has 0 aliphatic rings. The van der Waals surface area contributed by atoms with Gasteiger partial charge in [0, 0.05) is 32.0 Å². The Morgan fingerprint density at radius 3 is 2.76 bits per heavy atom. The van der Waals surface area contributed by atoms with Crippen LogP contribution in [0.15, 0.2) is 36.0 Å². The lowest BCUT2D eigenvalue weighted by atomic mass is 10.2. The Bertz CT molecular complexity index is 652. The van der Waals surface area contributed by atoms with Crippen LogP contribution in [0.1, 0.15) is 26.2 Å². The first-order chi connectivity index (χ1) is 12.1. The van der Waals surface area contributed by atoms with Crippen molar-refractivity contribution in [1.82, 2.24) is 5.32 Å². The van der Waals surface area contributed by atoms with Gasteiger partial charge in [0.2, 0.25) is 0 Å². The summed E-state index contributed by atoms with van der Waals surface area (Å²) in [7, 11) is 0. The molecular formula is C17H22N4O4. The molecule has 0 unspecified atom stereocenters. The summed E-state index contributed by atoms with van der Waals surface area (Å²) < 4.78 is 5.38. The summed E-state index contributed by atoms with van der Waals surface area (Å²) in [5.74, 6) is -0.540. The van der Waals surface area contributed by atoms with Crippen LogP contribution in [0.5, 0.6) is 0 Å². The molecule has 134 valence electrons. The number of anilines is 1. The van der Waals surface area contributed by atoms with Gasteiger partial charge in [-0.1, -0.05) is 25.5 Å². The van der Waals surface area contributed by atoms with Crippen LogP contribution in [-0.4, -0.2) is 30.6 Å². The topological polar surface area (TPSA) is 117 Å². The van der Waals surface area contributed by atoms with Crippen molar-refractivity contribution in [3.05, 3.63) is 46.2 Å². The number of carbonyl (C=O) groups is 1. The first-order valence-electron chi connectivity index (χ1n) is 8.06. The highest BCUT2D eigenvalue weighted by Crippen LogP contribution is 2.23. The van der Waals surface area contributed by atoms with Gasteiger partial charge in [-0.05, 0) is 18.9 Å². The zero-order valence-electron chi connectivity index (χ0n) is 14.2. The normalized spacial score (nSPS) is 10.8. The van der Waals surface area contributed by atoms with Crippen molar-refractivity contribution in [2.75, 3.05) is 25.1 Å². The van der Waals surface area contributed by atoms with E-state index in [1.807, 2.05) is 0 Å². The van der Waals surface area contributed by atoms with Crippen LogP contribution >= 0.6 is 0 Å². The van der Waals surface area contributed by atoms with Crippen LogP contribution in [0.25, 0.3) is 0 Å². The maximum absolute atomic E-state index is 11.9. The van der Waals surface area contributed by atoms with E-state index in [2.05, 4.69) is 17.6 Å². The molecule has 25 heavy (non-hydrogen) atoms. The van der Waals surface area contributed by atoms with Crippen molar-refractivity contribution in [3.63, 3.8) is 0 Å². The number of nitro groups is 1. The van der Waals surface area contributed by atoms with Crippen molar-refractivity contribution in [1.29, 1.82) is 5.26 Å². The second-order valence-corrected chi connectivity index (χ2v) is 5.16. The lowest BCUT2D eigenvalue weighted by Crippen LogP contribution is -2.26. The highest BCUT2D eigenvalue weighted by Gasteiger charge is 2.13. The zero-order valence-corrected chi connectivity index (χ0v) is 14.2. The molecule has 1 rings (SSSR count). The molecule has 0 spiro atoms. The number of hydrogen-bond acceptors (Lipinski definition) is 6. The van der Waals surface area contributed by atoms with Crippen LogP contribution < -0.4 is 10.6 Å². The second kappa shape index (κ2) is 11.6. The first kappa shape index (κ1) is 20.1. The predicted molar refractivity (Wildman–Crippen MR) is 93.8 cm³/mol. The fourth-order valence-corrected chi connectivity index (χ4v) is 1.87. The summed E-state index contributed by atoms with van der Waals surface area (Å²) in [6, 6.07) is 7.76. The minimum atomic E-state index is -0.541. The number of ether oxygens (including phenoxy) is 1. The minimum Gasteiger partial charge on any atom is -0.381 e. The molecule has 2 N–H and O–H groups in total. The Balaban J connectivity index is 2.50. The third kappa shape index (κ3) is 7.46. The minimum absolute atomic E-state index is 0.138. The summed E-state index contributed by atoms with van der Waals surface area (Å²) in [6.07, 6.45) is 3.88. The van der Waals surface area contributed by atoms with E-state index in [9.17, 15) is 14.9 Å². The van der Waals surface area contributed by atoms with Crippen molar-refractivity contribution in [2.24, 2.45) is 0 Å². The molecular weight excluding hydrogens is 324 g/mol. The van der Waals surface area contributed by atoms with Crippen molar-refractivity contribution < 1.29 is 14.5 Å². The van der Waals surface area contributed by atoms with E-state index < -0.39 is 10.8 Å². The summed E-state index contributed by atoms with van der Waals surface area (Å²) in [4.78, 5) is 22.3. The quantitative estimate of drug-likeness (QED) is 0.209. The van der Waals surface area contributed by atoms with Crippen molar-refractivity contribution in [3.8, 4) is 6.07 Å². The molecule has 0 saturated heterocycles. The Hall–Kier alpha value is -2.92.